The molecule has 2 aliphatic heterocycles. The van der Waals surface area contributed by atoms with E-state index >= 15 is 0 Å². The first-order valence-corrected chi connectivity index (χ1v) is 12.2. The Morgan fingerprint density at radius 3 is 2.78 bits per heavy atom. The number of aryl methyl sites for hydroxylation is 1. The van der Waals surface area contributed by atoms with Gasteiger partial charge >= 0.3 is 6.16 Å². The number of aliphatic hydroxyl groups is 2. The monoisotopic (exact) mass is 508 g/mol. The first-order chi connectivity index (χ1) is 17.9. The Bertz CT molecular complexity index is 1430. The molecule has 0 saturated carbocycles. The first kappa shape index (κ1) is 25.1. The van der Waals surface area contributed by atoms with Crippen molar-refractivity contribution in [3.05, 3.63) is 75.1 Å². The van der Waals surface area contributed by atoms with Crippen LogP contribution in [0.15, 0.2) is 47.3 Å². The van der Waals surface area contributed by atoms with Crippen molar-refractivity contribution in [2.45, 2.75) is 58.0 Å². The van der Waals surface area contributed by atoms with Gasteiger partial charge in [0.2, 0.25) is 0 Å². The van der Waals surface area contributed by atoms with Crippen LogP contribution in [0.3, 0.4) is 0 Å². The molecule has 0 saturated heterocycles. The number of hydrogen-bond donors (Lipinski definition) is 3. The summed E-state index contributed by atoms with van der Waals surface area (Å²) in [5.74, 6) is 0. The van der Waals surface area contributed by atoms with E-state index in [4.69, 9.17) is 24.3 Å². The molecular formula is C27H28N2O8. The highest BCUT2D eigenvalue weighted by molar-refractivity contribution is 5.88. The second-order valence-electron chi connectivity index (χ2n) is 9.08. The van der Waals surface area contributed by atoms with Crippen molar-refractivity contribution in [2.75, 3.05) is 6.61 Å². The molecule has 0 fully saturated rings. The fourth-order valence-corrected chi connectivity index (χ4v) is 4.94. The number of fused-ring (bicyclic) bond motifs is 4. The summed E-state index contributed by atoms with van der Waals surface area (Å²) in [5.41, 5.74) is 4.58. The second-order valence-corrected chi connectivity index (χ2v) is 9.08. The first-order valence-electron chi connectivity index (χ1n) is 12.2. The van der Waals surface area contributed by atoms with Crippen LogP contribution in [0.2, 0.25) is 0 Å². The summed E-state index contributed by atoms with van der Waals surface area (Å²) in [6.07, 6.45) is 0.640. The predicted octanol–water partition coefficient (Wildman–Crippen LogP) is 2.72. The summed E-state index contributed by atoms with van der Waals surface area (Å²) in [4.78, 5) is 29.4. The van der Waals surface area contributed by atoms with Gasteiger partial charge in [-0.1, -0.05) is 37.6 Å². The third kappa shape index (κ3) is 4.76. The Morgan fingerprint density at radius 2 is 2.03 bits per heavy atom. The maximum Gasteiger partial charge on any atom is 0.506 e. The van der Waals surface area contributed by atoms with Gasteiger partial charge in [0.05, 0.1) is 42.2 Å². The fraction of sp³-hybridized carbons (Fsp3) is 0.370. The number of aliphatic hydroxyl groups excluding tert-OH is 2. The average Bonchev–Trinajstić information content (AvgIpc) is 3.25. The molecule has 37 heavy (non-hydrogen) atoms. The number of carboxylic acid groups (broad SMARTS) is 1. The molecule has 194 valence electrons. The van der Waals surface area contributed by atoms with Gasteiger partial charge in [0.25, 0.3) is 5.56 Å². The molecule has 2 aromatic heterocycles. The molecule has 0 radical (unpaired) electrons. The van der Waals surface area contributed by atoms with E-state index in [9.17, 15) is 19.8 Å². The van der Waals surface area contributed by atoms with Crippen molar-refractivity contribution in [3.63, 3.8) is 0 Å². The summed E-state index contributed by atoms with van der Waals surface area (Å²) in [7, 11) is 0. The Balaban J connectivity index is 1.56. The second kappa shape index (κ2) is 10.4. The van der Waals surface area contributed by atoms with Crippen LogP contribution in [0, 0.1) is 0 Å². The molecule has 1 aromatic carbocycles. The van der Waals surface area contributed by atoms with Gasteiger partial charge in [-0.2, -0.15) is 0 Å². The molecule has 3 aromatic rings. The Kier molecular flexibility index (Phi) is 7.07. The van der Waals surface area contributed by atoms with Crippen molar-refractivity contribution in [1.29, 1.82) is 0 Å². The molecule has 10 heteroatoms. The highest BCUT2D eigenvalue weighted by Crippen LogP contribution is 2.37. The summed E-state index contributed by atoms with van der Waals surface area (Å²) >= 11 is 0. The molecule has 10 nitrogen and oxygen atoms in total. The quantitative estimate of drug-likeness (QED) is 0.242. The molecule has 0 bridgehead atoms. The molecule has 3 atom stereocenters. The molecule has 0 amide bonds. The molecule has 3 N–H and O–H groups in total. The number of benzene rings is 1. The number of nitrogens with zero attached hydrogens (tertiary/aromatic N) is 2. The van der Waals surface area contributed by atoms with Gasteiger partial charge in [-0.25, -0.2) is 9.78 Å². The summed E-state index contributed by atoms with van der Waals surface area (Å²) in [6, 6.07) is 9.55. The maximum absolute atomic E-state index is 13.5. The Hall–Kier alpha value is -3.57. The largest absolute Gasteiger partial charge is 0.506 e. The van der Waals surface area contributed by atoms with Crippen LogP contribution < -0.4 is 5.56 Å². The number of rotatable bonds is 8. The van der Waals surface area contributed by atoms with Crippen molar-refractivity contribution in [3.8, 4) is 11.4 Å². The van der Waals surface area contributed by atoms with E-state index in [-0.39, 0.29) is 31.9 Å². The van der Waals surface area contributed by atoms with Crippen LogP contribution in [0.1, 0.15) is 35.6 Å². The van der Waals surface area contributed by atoms with Crippen LogP contribution >= 0.6 is 0 Å². The summed E-state index contributed by atoms with van der Waals surface area (Å²) in [6.45, 7) is 1.74. The lowest BCUT2D eigenvalue weighted by atomic mass is 10.00. The van der Waals surface area contributed by atoms with Crippen LogP contribution in [0.25, 0.3) is 22.3 Å². The molecule has 0 aliphatic carbocycles. The minimum atomic E-state index is -1.43. The number of ether oxygens (including phenoxy) is 3. The average molecular weight is 509 g/mol. The van der Waals surface area contributed by atoms with Crippen LogP contribution in [-0.4, -0.2) is 56.1 Å². The van der Waals surface area contributed by atoms with E-state index in [1.807, 2.05) is 37.3 Å². The third-order valence-corrected chi connectivity index (χ3v) is 6.75. The Morgan fingerprint density at radius 1 is 1.22 bits per heavy atom. The van der Waals surface area contributed by atoms with E-state index in [0.29, 0.717) is 23.4 Å². The van der Waals surface area contributed by atoms with Crippen LogP contribution in [0.5, 0.6) is 0 Å². The zero-order valence-corrected chi connectivity index (χ0v) is 20.3. The van der Waals surface area contributed by atoms with Crippen LogP contribution in [-0.2, 0) is 40.4 Å². The minimum Gasteiger partial charge on any atom is -0.450 e. The lowest BCUT2D eigenvalue weighted by Crippen LogP contribution is -2.38. The molecule has 1 unspecified atom stereocenters. The van der Waals surface area contributed by atoms with Gasteiger partial charge in [-0.05, 0) is 35.8 Å². The molecule has 2 aliphatic rings. The van der Waals surface area contributed by atoms with E-state index in [0.717, 1.165) is 34.0 Å². The highest BCUT2D eigenvalue weighted by Gasteiger charge is 2.30. The minimum absolute atomic E-state index is 0.147. The molecule has 4 heterocycles. The molecule has 0 spiro atoms. The zero-order chi connectivity index (χ0) is 26.1. The fourth-order valence-electron chi connectivity index (χ4n) is 4.94. The number of aromatic nitrogens is 2. The zero-order valence-electron chi connectivity index (χ0n) is 20.3. The standard InChI is InChI=1S/C27H28N2O8/c1-2-5-15-10-21-25-17(11-29(21)26(32)18(15)13-36-27(33)34)19(16-6-3-4-7-20(16)28-25)14-35-24-9-8-22(31)23(12-30)37-24/h3-4,6-10,22-24,30-31H,2,5,11-14H2,1H3,(H,33,34)/t22-,23?,24-/m0/s1. The normalized spacial score (nSPS) is 20.1. The number of carbonyl (C=O) groups is 1. The van der Waals surface area contributed by atoms with E-state index in [1.54, 1.807) is 10.6 Å². The van der Waals surface area contributed by atoms with Crippen molar-refractivity contribution in [1.82, 2.24) is 9.55 Å². The van der Waals surface area contributed by atoms with Crippen molar-refractivity contribution < 1.29 is 34.3 Å². The predicted molar refractivity (Wildman–Crippen MR) is 133 cm³/mol. The van der Waals surface area contributed by atoms with E-state index in [2.05, 4.69) is 0 Å². The maximum atomic E-state index is 13.5. The van der Waals surface area contributed by atoms with Crippen LogP contribution in [0.4, 0.5) is 4.79 Å². The van der Waals surface area contributed by atoms with E-state index in [1.165, 1.54) is 6.08 Å². The Labute approximate surface area is 212 Å². The van der Waals surface area contributed by atoms with Gasteiger partial charge in [-0.15, -0.1) is 0 Å². The van der Waals surface area contributed by atoms with Gasteiger partial charge < -0.3 is 34.1 Å². The van der Waals surface area contributed by atoms with Crippen molar-refractivity contribution in [2.24, 2.45) is 0 Å². The van der Waals surface area contributed by atoms with Crippen molar-refractivity contribution >= 4 is 17.1 Å². The van der Waals surface area contributed by atoms with Gasteiger partial charge in [0.1, 0.15) is 18.8 Å². The SMILES string of the molecule is CCCc1cc2n(c(=O)c1COC(=O)O)Cc1c-2nc2ccccc2c1CO[C@@H]1C=C[C@H](O)C(CO)O1. The summed E-state index contributed by atoms with van der Waals surface area (Å²) < 4.78 is 18.0. The number of pyridine rings is 2. The summed E-state index contributed by atoms with van der Waals surface area (Å²) in [5, 5.41) is 29.2. The lowest BCUT2D eigenvalue weighted by Gasteiger charge is -2.28. The number of hydrogen-bond acceptors (Lipinski definition) is 8. The van der Waals surface area contributed by atoms with Gasteiger partial charge in [0.15, 0.2) is 6.29 Å². The topological polar surface area (TPSA) is 140 Å². The van der Waals surface area contributed by atoms with Gasteiger partial charge in [0, 0.05) is 10.9 Å². The third-order valence-electron chi connectivity index (χ3n) is 6.75. The molecular weight excluding hydrogens is 480 g/mol. The number of para-hydroxylation sites is 1. The van der Waals surface area contributed by atoms with E-state index < -0.39 is 24.7 Å². The highest BCUT2D eigenvalue weighted by atomic mass is 16.7. The molecule has 5 rings (SSSR count). The lowest BCUT2D eigenvalue weighted by molar-refractivity contribution is -0.184. The smallest absolute Gasteiger partial charge is 0.450 e. The van der Waals surface area contributed by atoms with Gasteiger partial charge in [-0.3, -0.25) is 4.79 Å².